The molecule has 0 saturated heterocycles. The fraction of sp³-hybridized carbons (Fsp3) is 0.500. The van der Waals surface area contributed by atoms with Crippen molar-refractivity contribution in [3.8, 4) is 5.75 Å². The molecule has 2 rings (SSSR count). The van der Waals surface area contributed by atoms with E-state index in [1.165, 1.54) is 13.5 Å². The van der Waals surface area contributed by atoms with E-state index in [0.29, 0.717) is 11.7 Å². The Bertz CT molecular complexity index is 457. The van der Waals surface area contributed by atoms with Crippen LogP contribution in [0.3, 0.4) is 0 Å². The zero-order valence-electron chi connectivity index (χ0n) is 10.8. The summed E-state index contributed by atoms with van der Waals surface area (Å²) >= 11 is 3.45. The summed E-state index contributed by atoms with van der Waals surface area (Å²) in [5.41, 5.74) is 1.09. The number of ether oxygens (including phenoxy) is 2. The molecule has 0 aromatic heterocycles. The maximum absolute atomic E-state index is 11.1. The number of methoxy groups -OCH3 is 1. The molecule has 4 nitrogen and oxygen atoms in total. The Morgan fingerprint density at radius 2 is 2.26 bits per heavy atom. The van der Waals surface area contributed by atoms with E-state index in [2.05, 4.69) is 15.9 Å². The predicted octanol–water partition coefficient (Wildman–Crippen LogP) is 3.20. The molecule has 1 atom stereocenters. The van der Waals surface area contributed by atoms with E-state index in [0.717, 1.165) is 22.9 Å². The zero-order chi connectivity index (χ0) is 13.8. The Hall–Kier alpha value is -1.07. The second-order valence-electron chi connectivity index (χ2n) is 4.71. The summed E-state index contributed by atoms with van der Waals surface area (Å²) in [4.78, 5) is 11.1. The van der Waals surface area contributed by atoms with Crippen molar-refractivity contribution in [2.24, 2.45) is 0 Å². The van der Waals surface area contributed by atoms with Crippen LogP contribution < -0.4 is 4.74 Å². The molecule has 1 unspecified atom stereocenters. The number of hydrogen-bond donors (Lipinski definition) is 1. The molecule has 19 heavy (non-hydrogen) atoms. The van der Waals surface area contributed by atoms with Gasteiger partial charge in [-0.2, -0.15) is 0 Å². The monoisotopic (exact) mass is 328 g/mol. The van der Waals surface area contributed by atoms with Crippen LogP contribution in [0.15, 0.2) is 22.7 Å². The van der Waals surface area contributed by atoms with Gasteiger partial charge in [0.15, 0.2) is 0 Å². The van der Waals surface area contributed by atoms with Gasteiger partial charge in [0.25, 0.3) is 0 Å². The Morgan fingerprint density at radius 3 is 2.79 bits per heavy atom. The highest BCUT2D eigenvalue weighted by molar-refractivity contribution is 9.10. The van der Waals surface area contributed by atoms with E-state index in [9.17, 15) is 4.79 Å². The summed E-state index contributed by atoms with van der Waals surface area (Å²) in [6.07, 6.45) is 2.52. The van der Waals surface area contributed by atoms with E-state index in [1.807, 2.05) is 18.2 Å². The van der Waals surface area contributed by atoms with Gasteiger partial charge < -0.3 is 14.6 Å². The van der Waals surface area contributed by atoms with Gasteiger partial charge in [-0.25, -0.2) is 4.79 Å². The van der Waals surface area contributed by atoms with Crippen LogP contribution in [0.5, 0.6) is 5.75 Å². The summed E-state index contributed by atoms with van der Waals surface area (Å²) in [5, 5.41) is 9.11. The van der Waals surface area contributed by atoms with Gasteiger partial charge in [-0.15, -0.1) is 0 Å². The molecule has 1 aliphatic carbocycles. The van der Waals surface area contributed by atoms with Gasteiger partial charge in [0.05, 0.1) is 6.61 Å². The number of rotatable bonds is 6. The fourth-order valence-electron chi connectivity index (χ4n) is 2.13. The van der Waals surface area contributed by atoms with E-state index in [1.54, 1.807) is 0 Å². The lowest BCUT2D eigenvalue weighted by molar-refractivity contribution is -0.147. The van der Waals surface area contributed by atoms with Crippen LogP contribution in [-0.4, -0.2) is 30.9 Å². The summed E-state index contributed by atoms with van der Waals surface area (Å²) in [7, 11) is 1.47. The van der Waals surface area contributed by atoms with Crippen molar-refractivity contribution in [2.75, 3.05) is 13.7 Å². The van der Waals surface area contributed by atoms with E-state index >= 15 is 0 Å². The summed E-state index contributed by atoms with van der Waals surface area (Å²) in [6.45, 7) is 0.0372. The van der Waals surface area contributed by atoms with Gasteiger partial charge in [0.2, 0.25) is 6.10 Å². The highest BCUT2D eigenvalue weighted by Crippen LogP contribution is 2.42. The lowest BCUT2D eigenvalue weighted by Crippen LogP contribution is -2.32. The molecule has 0 heterocycles. The first-order valence-corrected chi connectivity index (χ1v) is 7.09. The molecular weight excluding hydrogens is 312 g/mol. The van der Waals surface area contributed by atoms with Gasteiger partial charge in [0, 0.05) is 11.6 Å². The average molecular weight is 329 g/mol. The van der Waals surface area contributed by atoms with E-state index in [-0.39, 0.29) is 6.61 Å². The van der Waals surface area contributed by atoms with Crippen LogP contribution in [0, 0.1) is 0 Å². The third kappa shape index (κ3) is 3.48. The van der Waals surface area contributed by atoms with Crippen LogP contribution in [0.2, 0.25) is 0 Å². The lowest BCUT2D eigenvalue weighted by Gasteiger charge is -2.28. The topological polar surface area (TPSA) is 55.8 Å². The third-order valence-corrected chi connectivity index (χ3v) is 3.87. The zero-order valence-corrected chi connectivity index (χ0v) is 12.4. The minimum Gasteiger partial charge on any atom is -0.478 e. The Labute approximate surface area is 120 Å². The first-order valence-electron chi connectivity index (χ1n) is 6.29. The van der Waals surface area contributed by atoms with Crippen molar-refractivity contribution in [3.63, 3.8) is 0 Å². The maximum atomic E-state index is 11.1. The van der Waals surface area contributed by atoms with Gasteiger partial charge in [-0.3, -0.25) is 0 Å². The molecule has 1 saturated carbocycles. The molecule has 0 spiro atoms. The van der Waals surface area contributed by atoms with Crippen LogP contribution in [0.25, 0.3) is 0 Å². The fourth-order valence-corrected chi connectivity index (χ4v) is 2.50. The van der Waals surface area contributed by atoms with Gasteiger partial charge >= 0.3 is 5.97 Å². The number of carboxylic acids is 1. The minimum atomic E-state index is -1.01. The lowest BCUT2D eigenvalue weighted by atomic mass is 9.80. The van der Waals surface area contributed by atoms with Crippen LogP contribution in [-0.2, 0) is 9.53 Å². The van der Waals surface area contributed by atoms with Crippen LogP contribution >= 0.6 is 15.9 Å². The molecule has 0 amide bonds. The van der Waals surface area contributed by atoms with E-state index < -0.39 is 12.1 Å². The minimum absolute atomic E-state index is 0.0372. The number of carbonyl (C=O) groups is 1. The molecule has 1 aliphatic rings. The first kappa shape index (κ1) is 14.3. The number of halogens is 1. The Kier molecular flexibility index (Phi) is 4.82. The summed E-state index contributed by atoms with van der Waals surface area (Å²) < 4.78 is 11.5. The maximum Gasteiger partial charge on any atom is 0.347 e. The molecular formula is C14H17BrO4. The van der Waals surface area contributed by atoms with Crippen molar-refractivity contribution in [1.82, 2.24) is 0 Å². The van der Waals surface area contributed by atoms with Crippen molar-refractivity contribution < 1.29 is 19.4 Å². The molecule has 0 radical (unpaired) electrons. The van der Waals surface area contributed by atoms with Crippen LogP contribution in [0.1, 0.15) is 30.7 Å². The molecule has 1 aromatic carbocycles. The first-order chi connectivity index (χ1) is 9.11. The van der Waals surface area contributed by atoms with Crippen molar-refractivity contribution >= 4 is 21.9 Å². The highest BCUT2D eigenvalue weighted by atomic mass is 79.9. The van der Waals surface area contributed by atoms with Gasteiger partial charge in [-0.05, 0) is 42.5 Å². The Balaban J connectivity index is 2.20. The molecule has 104 valence electrons. The summed E-state index contributed by atoms with van der Waals surface area (Å²) in [5.74, 6) is 0.117. The average Bonchev–Trinajstić information content (AvgIpc) is 2.29. The SMILES string of the molecule is COCC(Oc1ccc(Br)cc1C1CCC1)C(=O)O. The molecule has 0 bridgehead atoms. The van der Waals surface area contributed by atoms with Gasteiger partial charge in [0.1, 0.15) is 5.75 Å². The van der Waals surface area contributed by atoms with E-state index in [4.69, 9.17) is 14.6 Å². The smallest absolute Gasteiger partial charge is 0.347 e. The number of hydrogen-bond acceptors (Lipinski definition) is 3. The standard InChI is InChI=1S/C14H17BrO4/c1-18-8-13(14(16)17)19-12-6-5-10(15)7-11(12)9-3-2-4-9/h5-7,9,13H,2-4,8H2,1H3,(H,16,17). The quantitative estimate of drug-likeness (QED) is 0.871. The van der Waals surface area contributed by atoms with Gasteiger partial charge in [-0.1, -0.05) is 22.4 Å². The second-order valence-corrected chi connectivity index (χ2v) is 5.63. The van der Waals surface area contributed by atoms with Crippen molar-refractivity contribution in [2.45, 2.75) is 31.3 Å². The van der Waals surface area contributed by atoms with Crippen LogP contribution in [0.4, 0.5) is 0 Å². The Morgan fingerprint density at radius 1 is 1.53 bits per heavy atom. The predicted molar refractivity (Wildman–Crippen MR) is 74.7 cm³/mol. The van der Waals surface area contributed by atoms with Crippen molar-refractivity contribution in [3.05, 3.63) is 28.2 Å². The second kappa shape index (κ2) is 6.39. The number of aliphatic carboxylic acids is 1. The van der Waals surface area contributed by atoms with Crippen molar-refractivity contribution in [1.29, 1.82) is 0 Å². The molecule has 0 aliphatic heterocycles. The molecule has 1 aromatic rings. The molecule has 5 heteroatoms. The number of carboxylic acid groups (broad SMARTS) is 1. The third-order valence-electron chi connectivity index (χ3n) is 3.38. The summed E-state index contributed by atoms with van der Waals surface area (Å²) in [6, 6.07) is 5.71. The normalized spacial score (nSPS) is 16.7. The largest absolute Gasteiger partial charge is 0.478 e. The number of benzene rings is 1. The highest BCUT2D eigenvalue weighted by Gasteiger charge is 2.26. The molecule has 1 N–H and O–H groups in total. The molecule has 1 fully saturated rings.